The molecular formula is C37H30SSi. The SMILES string of the molecule is C[Si](C)(C)c1ccc(-c2ccc3cc(-c4ccc(-c5ccc6sc7ccccc7c6c5)cc4)ccc3c2)cc1. The Labute approximate surface area is 235 Å². The first-order valence-electron chi connectivity index (χ1n) is 13.6. The molecule has 1 aromatic heterocycles. The third kappa shape index (κ3) is 4.50. The maximum atomic E-state index is 2.40. The Hall–Kier alpha value is -3.98. The maximum absolute atomic E-state index is 2.40. The lowest BCUT2D eigenvalue weighted by Gasteiger charge is -2.17. The molecular weight excluding hydrogens is 505 g/mol. The van der Waals surface area contributed by atoms with Crippen molar-refractivity contribution < 1.29 is 0 Å². The first-order valence-corrected chi connectivity index (χ1v) is 17.9. The van der Waals surface area contributed by atoms with Crippen molar-refractivity contribution in [2.45, 2.75) is 19.6 Å². The van der Waals surface area contributed by atoms with Crippen LogP contribution in [0.2, 0.25) is 19.6 Å². The molecule has 0 unspecified atom stereocenters. The van der Waals surface area contributed by atoms with Gasteiger partial charge in [0.15, 0.2) is 0 Å². The monoisotopic (exact) mass is 534 g/mol. The number of hydrogen-bond donors (Lipinski definition) is 0. The van der Waals surface area contributed by atoms with Gasteiger partial charge < -0.3 is 0 Å². The van der Waals surface area contributed by atoms with Crippen molar-refractivity contribution in [3.63, 3.8) is 0 Å². The third-order valence-corrected chi connectivity index (χ3v) is 11.1. The Kier molecular flexibility index (Phi) is 5.77. The molecule has 0 nitrogen and oxygen atoms in total. The molecule has 0 spiro atoms. The summed E-state index contributed by atoms with van der Waals surface area (Å²) in [7, 11) is -1.28. The van der Waals surface area contributed by atoms with Gasteiger partial charge >= 0.3 is 0 Å². The van der Waals surface area contributed by atoms with Crippen molar-refractivity contribution in [2.75, 3.05) is 0 Å². The van der Waals surface area contributed by atoms with E-state index in [1.165, 1.54) is 69.5 Å². The first-order chi connectivity index (χ1) is 18.9. The molecule has 0 radical (unpaired) electrons. The summed E-state index contributed by atoms with van der Waals surface area (Å²) in [6.45, 7) is 7.19. The van der Waals surface area contributed by atoms with Gasteiger partial charge in [0.2, 0.25) is 0 Å². The van der Waals surface area contributed by atoms with Gasteiger partial charge in [0, 0.05) is 20.2 Å². The predicted octanol–water partition coefficient (Wildman–Crippen LogP) is 10.8. The summed E-state index contributed by atoms with van der Waals surface area (Å²) in [5, 5.41) is 6.74. The smallest absolute Gasteiger partial charge is 0.0775 e. The minimum atomic E-state index is -1.28. The molecule has 6 aromatic carbocycles. The molecule has 7 rings (SSSR count). The minimum Gasteiger partial charge on any atom is -0.135 e. The number of thiophene rings is 1. The Balaban J connectivity index is 1.17. The minimum absolute atomic E-state index is 1.24. The largest absolute Gasteiger partial charge is 0.135 e. The van der Waals surface area contributed by atoms with Crippen LogP contribution < -0.4 is 5.19 Å². The maximum Gasteiger partial charge on any atom is 0.0775 e. The van der Waals surface area contributed by atoms with E-state index in [1.54, 1.807) is 0 Å². The molecule has 0 N–H and O–H groups in total. The molecule has 0 saturated carbocycles. The lowest BCUT2D eigenvalue weighted by Crippen LogP contribution is -2.37. The summed E-state index contributed by atoms with van der Waals surface area (Å²) in [5.41, 5.74) is 7.57. The highest BCUT2D eigenvalue weighted by molar-refractivity contribution is 7.25. The fourth-order valence-corrected chi connectivity index (χ4v) is 7.78. The highest BCUT2D eigenvalue weighted by Gasteiger charge is 2.16. The van der Waals surface area contributed by atoms with Crippen molar-refractivity contribution in [3.8, 4) is 33.4 Å². The van der Waals surface area contributed by atoms with E-state index in [1.807, 2.05) is 11.3 Å². The molecule has 0 saturated heterocycles. The first kappa shape index (κ1) is 24.1. The average molecular weight is 535 g/mol. The van der Waals surface area contributed by atoms with Gasteiger partial charge in [0.1, 0.15) is 0 Å². The summed E-state index contributed by atoms with van der Waals surface area (Å²) in [6.07, 6.45) is 0. The van der Waals surface area contributed by atoms with Gasteiger partial charge in [-0.15, -0.1) is 11.3 Å². The molecule has 0 aliphatic heterocycles. The molecule has 7 aromatic rings. The van der Waals surface area contributed by atoms with Gasteiger partial charge in [-0.1, -0.05) is 122 Å². The van der Waals surface area contributed by atoms with E-state index in [4.69, 9.17) is 0 Å². The van der Waals surface area contributed by atoms with Crippen molar-refractivity contribution in [3.05, 3.63) is 127 Å². The van der Waals surface area contributed by atoms with Crippen LogP contribution in [0.1, 0.15) is 0 Å². The van der Waals surface area contributed by atoms with Crippen LogP contribution >= 0.6 is 11.3 Å². The zero-order valence-corrected chi connectivity index (χ0v) is 24.3. The molecule has 0 aliphatic rings. The molecule has 0 bridgehead atoms. The van der Waals surface area contributed by atoms with Crippen LogP contribution in [-0.2, 0) is 0 Å². The van der Waals surface area contributed by atoms with Crippen molar-refractivity contribution in [2.24, 2.45) is 0 Å². The number of benzene rings is 6. The van der Waals surface area contributed by atoms with E-state index >= 15 is 0 Å². The van der Waals surface area contributed by atoms with E-state index < -0.39 is 8.07 Å². The average Bonchev–Trinajstić information content (AvgIpc) is 3.34. The second-order valence-corrected chi connectivity index (χ2v) is 17.7. The van der Waals surface area contributed by atoms with E-state index in [0.717, 1.165) is 0 Å². The molecule has 39 heavy (non-hydrogen) atoms. The van der Waals surface area contributed by atoms with Crippen molar-refractivity contribution in [1.29, 1.82) is 0 Å². The van der Waals surface area contributed by atoms with Crippen LogP contribution in [0.25, 0.3) is 64.3 Å². The van der Waals surface area contributed by atoms with Crippen LogP contribution in [0.4, 0.5) is 0 Å². The zero-order chi connectivity index (χ0) is 26.6. The zero-order valence-electron chi connectivity index (χ0n) is 22.5. The Bertz CT molecular complexity index is 1970. The molecule has 0 aliphatic carbocycles. The normalized spacial score (nSPS) is 12.0. The van der Waals surface area contributed by atoms with Crippen LogP contribution in [0.3, 0.4) is 0 Å². The number of hydrogen-bond acceptors (Lipinski definition) is 1. The van der Waals surface area contributed by atoms with Crippen LogP contribution in [-0.4, -0.2) is 8.07 Å². The van der Waals surface area contributed by atoms with E-state index in [9.17, 15) is 0 Å². The van der Waals surface area contributed by atoms with Crippen LogP contribution in [0, 0.1) is 0 Å². The summed E-state index contributed by atoms with van der Waals surface area (Å²) in [5.74, 6) is 0. The summed E-state index contributed by atoms with van der Waals surface area (Å²) < 4.78 is 2.70. The summed E-state index contributed by atoms with van der Waals surface area (Å²) >= 11 is 1.87. The Morgan fingerprint density at radius 2 is 0.872 bits per heavy atom. The van der Waals surface area contributed by atoms with E-state index in [2.05, 4.69) is 147 Å². The van der Waals surface area contributed by atoms with E-state index in [-0.39, 0.29) is 0 Å². The lowest BCUT2D eigenvalue weighted by molar-refractivity contribution is 1.61. The second kappa shape index (κ2) is 9.34. The molecule has 188 valence electrons. The molecule has 2 heteroatoms. The van der Waals surface area contributed by atoms with Gasteiger partial charge in [0.05, 0.1) is 8.07 Å². The molecule has 0 atom stereocenters. The third-order valence-electron chi connectivity index (χ3n) is 7.85. The van der Waals surface area contributed by atoms with Crippen LogP contribution in [0.15, 0.2) is 127 Å². The quantitative estimate of drug-likeness (QED) is 0.197. The number of fused-ring (bicyclic) bond motifs is 4. The lowest BCUT2D eigenvalue weighted by atomic mass is 9.96. The van der Waals surface area contributed by atoms with E-state index in [0.29, 0.717) is 0 Å². The van der Waals surface area contributed by atoms with Gasteiger partial charge in [-0.3, -0.25) is 0 Å². The van der Waals surface area contributed by atoms with Crippen molar-refractivity contribution >= 4 is 55.5 Å². The van der Waals surface area contributed by atoms with Gasteiger partial charge in [-0.2, -0.15) is 0 Å². The number of rotatable bonds is 4. The van der Waals surface area contributed by atoms with Gasteiger partial charge in [-0.25, -0.2) is 0 Å². The summed E-state index contributed by atoms with van der Waals surface area (Å²) in [4.78, 5) is 0. The second-order valence-electron chi connectivity index (χ2n) is 11.5. The van der Waals surface area contributed by atoms with Gasteiger partial charge in [-0.05, 0) is 74.5 Å². The van der Waals surface area contributed by atoms with Crippen molar-refractivity contribution in [1.82, 2.24) is 0 Å². The predicted molar refractivity (Wildman–Crippen MR) is 176 cm³/mol. The fourth-order valence-electron chi connectivity index (χ4n) is 5.53. The highest BCUT2D eigenvalue weighted by Crippen LogP contribution is 2.37. The highest BCUT2D eigenvalue weighted by atomic mass is 32.1. The molecule has 0 fully saturated rings. The topological polar surface area (TPSA) is 0 Å². The fraction of sp³-hybridized carbons (Fsp3) is 0.0811. The standard InChI is InChI=1S/C37H30SSi/c1-39(2,3)33-19-16-27(17-20-33)29-13-15-30-22-28(12-14-31(30)23-29)25-8-10-26(11-9-25)32-18-21-37-35(24-32)34-6-4-5-7-36(34)38-37/h4-24H,1-3H3. The Morgan fingerprint density at radius 3 is 1.46 bits per heavy atom. The van der Waals surface area contributed by atoms with Gasteiger partial charge in [0.25, 0.3) is 0 Å². The Morgan fingerprint density at radius 1 is 0.410 bits per heavy atom. The molecule has 1 heterocycles. The summed E-state index contributed by atoms with van der Waals surface area (Å²) in [6, 6.07) is 47.4. The molecule has 0 amide bonds. The van der Waals surface area contributed by atoms with Crippen LogP contribution in [0.5, 0.6) is 0 Å².